The van der Waals surface area contributed by atoms with E-state index in [-0.39, 0.29) is 0 Å². The van der Waals surface area contributed by atoms with E-state index < -0.39 is 0 Å². The number of anilines is 1. The Morgan fingerprint density at radius 3 is 2.38 bits per heavy atom. The zero-order valence-electron chi connectivity index (χ0n) is 14.7. The Bertz CT molecular complexity index is 1180. The van der Waals surface area contributed by atoms with Crippen LogP contribution in [0.15, 0.2) is 48.5 Å². The average molecular weight is 341 g/mol. The summed E-state index contributed by atoms with van der Waals surface area (Å²) in [5.41, 5.74) is 5.51. The molecule has 128 valence electrons. The second-order valence-corrected chi connectivity index (χ2v) is 6.90. The van der Waals surface area contributed by atoms with Crippen molar-refractivity contribution in [2.24, 2.45) is 0 Å². The van der Waals surface area contributed by atoms with Gasteiger partial charge in [-0.3, -0.25) is 4.40 Å². The number of rotatable bonds is 1. The molecule has 5 heteroatoms. The summed E-state index contributed by atoms with van der Waals surface area (Å²) in [7, 11) is 2.14. The Balaban J connectivity index is 1.92. The molecule has 0 spiro atoms. The third kappa shape index (κ3) is 2.09. The minimum absolute atomic E-state index is 0.671. The molecule has 1 fully saturated rings. The lowest BCUT2D eigenvalue weighted by molar-refractivity contribution is 0.313. The van der Waals surface area contributed by atoms with Crippen molar-refractivity contribution in [1.82, 2.24) is 14.3 Å². The zero-order chi connectivity index (χ0) is 17.7. The smallest absolute Gasteiger partial charge is 0.158 e. The van der Waals surface area contributed by atoms with Crippen LogP contribution in [0, 0.1) is 11.3 Å². The SMILES string of the molecule is CN1CCN(c2c(C#N)c3nc4ccccc4n3c3ccccc23)CC1. The van der Waals surface area contributed by atoms with Crippen LogP contribution in [0.1, 0.15) is 5.56 Å². The van der Waals surface area contributed by atoms with Gasteiger partial charge >= 0.3 is 0 Å². The van der Waals surface area contributed by atoms with Crippen molar-refractivity contribution < 1.29 is 0 Å². The topological polar surface area (TPSA) is 47.6 Å². The number of aromatic nitrogens is 2. The van der Waals surface area contributed by atoms with Crippen LogP contribution in [-0.2, 0) is 0 Å². The first-order valence-electron chi connectivity index (χ1n) is 8.93. The van der Waals surface area contributed by atoms with E-state index in [1.807, 2.05) is 24.3 Å². The molecule has 26 heavy (non-hydrogen) atoms. The summed E-state index contributed by atoms with van der Waals surface area (Å²) >= 11 is 0. The quantitative estimate of drug-likeness (QED) is 0.533. The van der Waals surface area contributed by atoms with E-state index in [9.17, 15) is 5.26 Å². The van der Waals surface area contributed by atoms with Crippen LogP contribution in [-0.4, -0.2) is 47.5 Å². The van der Waals surface area contributed by atoms with Crippen LogP contribution in [0.2, 0.25) is 0 Å². The Morgan fingerprint density at radius 1 is 0.923 bits per heavy atom. The fraction of sp³-hybridized carbons (Fsp3) is 0.238. The van der Waals surface area contributed by atoms with Gasteiger partial charge in [0.25, 0.3) is 0 Å². The van der Waals surface area contributed by atoms with Gasteiger partial charge in [0.1, 0.15) is 11.6 Å². The molecule has 5 nitrogen and oxygen atoms in total. The molecule has 1 aliphatic rings. The maximum absolute atomic E-state index is 10.0. The standard InChI is InChI=1S/C21H19N5/c1-24-10-12-25(13-11-24)20-15-6-2-4-8-18(15)26-19-9-5-3-7-17(19)23-21(26)16(20)14-22/h2-9H,10-13H2,1H3. The molecule has 4 aromatic rings. The number of piperazine rings is 1. The molecule has 0 bridgehead atoms. The lowest BCUT2D eigenvalue weighted by Crippen LogP contribution is -2.44. The van der Waals surface area contributed by atoms with Crippen LogP contribution in [0.5, 0.6) is 0 Å². The first kappa shape index (κ1) is 15.2. The van der Waals surface area contributed by atoms with E-state index >= 15 is 0 Å². The number of hydrogen-bond donors (Lipinski definition) is 0. The summed E-state index contributed by atoms with van der Waals surface area (Å²) in [6.45, 7) is 3.85. The normalized spacial score (nSPS) is 15.8. The van der Waals surface area contributed by atoms with Crippen LogP contribution in [0.3, 0.4) is 0 Å². The van der Waals surface area contributed by atoms with Gasteiger partial charge in [0, 0.05) is 31.6 Å². The Labute approximate surface area is 151 Å². The number of para-hydroxylation sites is 3. The number of fused-ring (bicyclic) bond motifs is 5. The van der Waals surface area contributed by atoms with Crippen LogP contribution >= 0.6 is 0 Å². The minimum Gasteiger partial charge on any atom is -0.367 e. The monoisotopic (exact) mass is 341 g/mol. The van der Waals surface area contributed by atoms with Gasteiger partial charge in [-0.1, -0.05) is 30.3 Å². The molecule has 5 rings (SSSR count). The number of imidazole rings is 1. The van der Waals surface area contributed by atoms with E-state index in [1.54, 1.807) is 0 Å². The number of benzene rings is 2. The van der Waals surface area contributed by atoms with Crippen molar-refractivity contribution in [2.75, 3.05) is 38.1 Å². The summed E-state index contributed by atoms with van der Waals surface area (Å²) in [6.07, 6.45) is 0. The molecule has 0 saturated carbocycles. The molecule has 0 radical (unpaired) electrons. The number of pyridine rings is 1. The van der Waals surface area contributed by atoms with Crippen molar-refractivity contribution in [3.05, 3.63) is 54.1 Å². The maximum atomic E-state index is 10.0. The highest BCUT2D eigenvalue weighted by Crippen LogP contribution is 2.36. The summed E-state index contributed by atoms with van der Waals surface area (Å²) < 4.78 is 2.13. The molecule has 1 saturated heterocycles. The number of hydrogen-bond acceptors (Lipinski definition) is 4. The van der Waals surface area contributed by atoms with Crippen LogP contribution in [0.25, 0.3) is 27.6 Å². The molecule has 0 N–H and O–H groups in total. The fourth-order valence-corrected chi connectivity index (χ4v) is 4.01. The molecule has 2 aromatic heterocycles. The molecule has 2 aromatic carbocycles. The first-order chi connectivity index (χ1) is 12.8. The van der Waals surface area contributed by atoms with Gasteiger partial charge in [0.05, 0.1) is 22.2 Å². The predicted molar refractivity (Wildman–Crippen MR) is 105 cm³/mol. The Hall–Kier alpha value is -3.10. The predicted octanol–water partition coefficient (Wildman–Crippen LogP) is 3.26. The molecule has 0 amide bonds. The highest BCUT2D eigenvalue weighted by atomic mass is 15.3. The van der Waals surface area contributed by atoms with Gasteiger partial charge in [-0.15, -0.1) is 0 Å². The number of nitrogens with zero attached hydrogens (tertiary/aromatic N) is 5. The molecular weight excluding hydrogens is 322 g/mol. The first-order valence-corrected chi connectivity index (χ1v) is 8.93. The van der Waals surface area contributed by atoms with Gasteiger partial charge in [-0.25, -0.2) is 4.98 Å². The Kier molecular flexibility index (Phi) is 3.34. The Morgan fingerprint density at radius 2 is 1.62 bits per heavy atom. The van der Waals surface area contributed by atoms with Crippen molar-refractivity contribution in [1.29, 1.82) is 5.26 Å². The minimum atomic E-state index is 0.671. The number of nitriles is 1. The third-order valence-corrected chi connectivity index (χ3v) is 5.35. The summed E-state index contributed by atoms with van der Waals surface area (Å²) in [6, 6.07) is 18.9. The number of likely N-dealkylation sites (N-methyl/N-ethyl adjacent to an activating group) is 1. The second-order valence-electron chi connectivity index (χ2n) is 6.90. The summed E-state index contributed by atoms with van der Waals surface area (Å²) in [4.78, 5) is 9.48. The molecule has 0 atom stereocenters. The second kappa shape index (κ2) is 5.72. The van der Waals surface area contributed by atoms with E-state index in [0.717, 1.165) is 59.4 Å². The van der Waals surface area contributed by atoms with Gasteiger partial charge < -0.3 is 9.80 Å². The molecular formula is C21H19N5. The zero-order valence-corrected chi connectivity index (χ0v) is 14.7. The summed E-state index contributed by atoms with van der Waals surface area (Å²) in [5, 5.41) is 11.2. The van der Waals surface area contributed by atoms with E-state index in [1.165, 1.54) is 0 Å². The molecule has 0 unspecified atom stereocenters. The summed E-state index contributed by atoms with van der Waals surface area (Å²) in [5.74, 6) is 0. The fourth-order valence-electron chi connectivity index (χ4n) is 4.01. The maximum Gasteiger partial charge on any atom is 0.158 e. The van der Waals surface area contributed by atoms with E-state index in [0.29, 0.717) is 5.56 Å². The molecule has 3 heterocycles. The lowest BCUT2D eigenvalue weighted by atomic mass is 10.1. The van der Waals surface area contributed by atoms with Gasteiger partial charge in [-0.2, -0.15) is 5.26 Å². The van der Waals surface area contributed by atoms with E-state index in [4.69, 9.17) is 4.98 Å². The van der Waals surface area contributed by atoms with E-state index in [2.05, 4.69) is 51.6 Å². The van der Waals surface area contributed by atoms with Gasteiger partial charge in [-0.05, 0) is 25.2 Å². The average Bonchev–Trinajstić information content (AvgIpc) is 3.07. The van der Waals surface area contributed by atoms with Gasteiger partial charge in [0.15, 0.2) is 5.65 Å². The molecule has 1 aliphatic heterocycles. The van der Waals surface area contributed by atoms with Crippen LogP contribution < -0.4 is 4.90 Å². The van der Waals surface area contributed by atoms with Gasteiger partial charge in [0.2, 0.25) is 0 Å². The highest BCUT2D eigenvalue weighted by molar-refractivity contribution is 6.02. The van der Waals surface area contributed by atoms with Crippen molar-refractivity contribution in [3.63, 3.8) is 0 Å². The lowest BCUT2D eigenvalue weighted by Gasteiger charge is -2.35. The highest BCUT2D eigenvalue weighted by Gasteiger charge is 2.24. The largest absolute Gasteiger partial charge is 0.367 e. The van der Waals surface area contributed by atoms with Crippen molar-refractivity contribution in [2.45, 2.75) is 0 Å². The molecule has 0 aliphatic carbocycles. The van der Waals surface area contributed by atoms with Crippen LogP contribution in [0.4, 0.5) is 5.69 Å². The van der Waals surface area contributed by atoms with Crippen molar-refractivity contribution >= 4 is 33.3 Å². The third-order valence-electron chi connectivity index (χ3n) is 5.35. The van der Waals surface area contributed by atoms with Crippen molar-refractivity contribution in [3.8, 4) is 6.07 Å².